The first-order valence-corrected chi connectivity index (χ1v) is 3.13. The summed E-state index contributed by atoms with van der Waals surface area (Å²) in [5.74, 6) is 0. The summed E-state index contributed by atoms with van der Waals surface area (Å²) in [5.41, 5.74) is 0. The van der Waals surface area contributed by atoms with E-state index in [0.29, 0.717) is 0 Å². The molecule has 0 bridgehead atoms. The Labute approximate surface area is 47.0 Å². The molecule has 1 nitrogen and oxygen atoms in total. The number of hydrogen-bond acceptors (Lipinski definition) is 0. The van der Waals surface area contributed by atoms with Gasteiger partial charge in [-0.2, -0.15) is 8.39 Å². The van der Waals surface area contributed by atoms with E-state index in [1.807, 2.05) is 0 Å². The Morgan fingerprint density at radius 1 is 1.12 bits per heavy atom. The summed E-state index contributed by atoms with van der Waals surface area (Å²) in [6.07, 6.45) is 2.71. The zero-order valence-corrected chi connectivity index (χ0v) is 4.85. The van der Waals surface area contributed by atoms with E-state index in [9.17, 15) is 8.39 Å². The molecule has 0 aromatic carbocycles. The Bertz CT molecular complexity index is 149. The van der Waals surface area contributed by atoms with E-state index in [1.165, 1.54) is 12.4 Å². The largest absolute Gasteiger partial charge is 0.377 e. The van der Waals surface area contributed by atoms with Crippen molar-refractivity contribution in [2.45, 2.75) is 0 Å². The first kappa shape index (κ1) is 5.70. The lowest BCUT2D eigenvalue weighted by atomic mass is 10.7. The van der Waals surface area contributed by atoms with Crippen LogP contribution in [0.1, 0.15) is 0 Å². The fourth-order valence-corrected chi connectivity index (χ4v) is 0.782. The van der Waals surface area contributed by atoms with Crippen molar-refractivity contribution in [2.75, 3.05) is 0 Å². The molecule has 1 aromatic heterocycles. The third-order valence-corrected chi connectivity index (χ3v) is 1.38. The Hall–Kier alpha value is -0.430. The molecular formula is C4H4F2NP. The van der Waals surface area contributed by atoms with Crippen molar-refractivity contribution < 1.29 is 8.39 Å². The minimum Gasteiger partial charge on any atom is -0.281 e. The van der Waals surface area contributed by atoms with Gasteiger partial charge in [0.2, 0.25) is 0 Å². The molecule has 8 heavy (non-hydrogen) atoms. The fourth-order valence-electron chi connectivity index (χ4n) is 0.426. The molecule has 0 aliphatic heterocycles. The monoisotopic (exact) mass is 135 g/mol. The van der Waals surface area contributed by atoms with Crippen molar-refractivity contribution in [1.29, 1.82) is 0 Å². The molecule has 0 saturated heterocycles. The van der Waals surface area contributed by atoms with Gasteiger partial charge >= 0.3 is 8.69 Å². The van der Waals surface area contributed by atoms with Crippen LogP contribution in [0.15, 0.2) is 24.5 Å². The molecule has 0 radical (unpaired) electrons. The van der Waals surface area contributed by atoms with Crippen LogP contribution in [0.3, 0.4) is 0 Å². The molecule has 0 aliphatic carbocycles. The summed E-state index contributed by atoms with van der Waals surface area (Å²) in [5, 5.41) is 0. The molecule has 1 heterocycles. The normalized spacial score (nSPS) is 10.4. The molecule has 0 unspecified atom stereocenters. The van der Waals surface area contributed by atoms with Crippen molar-refractivity contribution in [3.05, 3.63) is 24.5 Å². The fraction of sp³-hybridized carbons (Fsp3) is 0. The minimum absolute atomic E-state index is 0.898. The maximum Gasteiger partial charge on any atom is 0.377 e. The van der Waals surface area contributed by atoms with Crippen LogP contribution in [-0.4, -0.2) is 4.34 Å². The van der Waals surface area contributed by atoms with Gasteiger partial charge in [0.05, 0.1) is 0 Å². The first-order chi connectivity index (χ1) is 3.80. The summed E-state index contributed by atoms with van der Waals surface area (Å²) >= 11 is 0. The zero-order valence-electron chi connectivity index (χ0n) is 3.96. The second kappa shape index (κ2) is 2.23. The third kappa shape index (κ3) is 1.04. The minimum atomic E-state index is -2.94. The average Bonchev–Trinajstić information content (AvgIpc) is 2.12. The van der Waals surface area contributed by atoms with Gasteiger partial charge in [0.1, 0.15) is 0 Å². The van der Waals surface area contributed by atoms with E-state index in [2.05, 4.69) is 0 Å². The summed E-state index contributed by atoms with van der Waals surface area (Å²) in [4.78, 5) is 0. The highest BCUT2D eigenvalue weighted by atomic mass is 31.2. The molecule has 0 saturated carbocycles. The SMILES string of the molecule is FP(F)n1cccc1. The van der Waals surface area contributed by atoms with Crippen molar-refractivity contribution >= 4 is 8.69 Å². The van der Waals surface area contributed by atoms with E-state index >= 15 is 0 Å². The second-order valence-corrected chi connectivity index (χ2v) is 2.17. The standard InChI is InChI=1S/C4H4F2NP/c5-8(6)7-3-1-2-4-7/h1-4H. The molecule has 0 N–H and O–H groups in total. The number of hydrogen-bond donors (Lipinski definition) is 0. The van der Waals surface area contributed by atoms with Gasteiger partial charge in [0, 0.05) is 12.4 Å². The Balaban J connectivity index is 2.77. The lowest BCUT2D eigenvalue weighted by Crippen LogP contribution is -1.73. The van der Waals surface area contributed by atoms with Crippen LogP contribution in [0.4, 0.5) is 8.39 Å². The highest BCUT2D eigenvalue weighted by Crippen LogP contribution is 2.39. The van der Waals surface area contributed by atoms with Gasteiger partial charge in [0.15, 0.2) is 0 Å². The molecule has 0 aliphatic rings. The van der Waals surface area contributed by atoms with Gasteiger partial charge in [-0.1, -0.05) is 0 Å². The highest BCUT2D eigenvalue weighted by molar-refractivity contribution is 7.44. The van der Waals surface area contributed by atoms with Gasteiger partial charge < -0.3 is 0 Å². The van der Waals surface area contributed by atoms with Crippen LogP contribution in [-0.2, 0) is 0 Å². The molecule has 0 fully saturated rings. The number of halogens is 2. The highest BCUT2D eigenvalue weighted by Gasteiger charge is 2.02. The average molecular weight is 135 g/mol. The lowest BCUT2D eigenvalue weighted by Gasteiger charge is -1.92. The topological polar surface area (TPSA) is 4.93 Å². The van der Waals surface area contributed by atoms with Crippen LogP contribution in [0, 0.1) is 0 Å². The Morgan fingerprint density at radius 3 is 1.88 bits per heavy atom. The smallest absolute Gasteiger partial charge is 0.281 e. The van der Waals surface area contributed by atoms with Crippen molar-refractivity contribution in [3.63, 3.8) is 0 Å². The van der Waals surface area contributed by atoms with Crippen molar-refractivity contribution in [3.8, 4) is 0 Å². The number of rotatable bonds is 1. The summed E-state index contributed by atoms with van der Waals surface area (Å²) in [6.45, 7) is 0. The Kier molecular flexibility index (Phi) is 1.59. The van der Waals surface area contributed by atoms with Crippen LogP contribution in [0.25, 0.3) is 0 Å². The number of aromatic nitrogens is 1. The predicted molar refractivity (Wildman–Crippen MR) is 29.0 cm³/mol. The summed E-state index contributed by atoms with van der Waals surface area (Å²) in [6, 6.07) is 3.16. The summed E-state index contributed by atoms with van der Waals surface area (Å²) < 4.78 is 24.2. The van der Waals surface area contributed by atoms with E-state index in [-0.39, 0.29) is 0 Å². The van der Waals surface area contributed by atoms with Crippen LogP contribution in [0.2, 0.25) is 0 Å². The van der Waals surface area contributed by atoms with Gasteiger partial charge in [-0.15, -0.1) is 0 Å². The molecule has 1 aromatic rings. The van der Waals surface area contributed by atoms with Crippen LogP contribution in [0.5, 0.6) is 0 Å². The molecular weight excluding hydrogens is 131 g/mol. The second-order valence-electron chi connectivity index (χ2n) is 1.28. The van der Waals surface area contributed by atoms with Gasteiger partial charge in [-0.3, -0.25) is 4.34 Å². The van der Waals surface area contributed by atoms with Gasteiger partial charge in [0.25, 0.3) is 0 Å². The van der Waals surface area contributed by atoms with Crippen molar-refractivity contribution in [1.82, 2.24) is 4.34 Å². The Morgan fingerprint density at radius 2 is 1.62 bits per heavy atom. The molecule has 0 atom stereocenters. The van der Waals surface area contributed by atoms with E-state index < -0.39 is 8.69 Å². The predicted octanol–water partition coefficient (Wildman–Crippen LogP) is 2.50. The van der Waals surface area contributed by atoms with E-state index in [1.54, 1.807) is 12.1 Å². The maximum absolute atomic E-state index is 11.6. The first-order valence-electron chi connectivity index (χ1n) is 2.05. The molecule has 4 heteroatoms. The zero-order chi connectivity index (χ0) is 5.98. The van der Waals surface area contributed by atoms with Gasteiger partial charge in [-0.05, 0) is 12.1 Å². The molecule has 1 rings (SSSR count). The van der Waals surface area contributed by atoms with Gasteiger partial charge in [-0.25, -0.2) is 0 Å². The van der Waals surface area contributed by atoms with Crippen LogP contribution >= 0.6 is 8.69 Å². The van der Waals surface area contributed by atoms with Crippen LogP contribution < -0.4 is 0 Å². The quantitative estimate of drug-likeness (QED) is 0.521. The van der Waals surface area contributed by atoms with E-state index in [0.717, 1.165) is 4.34 Å². The molecule has 44 valence electrons. The lowest BCUT2D eigenvalue weighted by molar-refractivity contribution is 0.720. The molecule has 0 spiro atoms. The summed E-state index contributed by atoms with van der Waals surface area (Å²) in [7, 11) is -2.94. The molecule has 0 amide bonds. The van der Waals surface area contributed by atoms with E-state index in [4.69, 9.17) is 0 Å². The van der Waals surface area contributed by atoms with Crippen molar-refractivity contribution in [2.24, 2.45) is 0 Å². The maximum atomic E-state index is 11.6. The third-order valence-electron chi connectivity index (χ3n) is 0.763. The number of nitrogens with zero attached hydrogens (tertiary/aromatic N) is 1.